The van der Waals surface area contributed by atoms with Crippen molar-refractivity contribution in [1.29, 1.82) is 0 Å². The van der Waals surface area contributed by atoms with Crippen LogP contribution in [0.5, 0.6) is 5.75 Å². The fourth-order valence-corrected chi connectivity index (χ4v) is 4.76. The largest absolute Gasteiger partial charge is 0.490 e. The minimum Gasteiger partial charge on any atom is -0.490 e. The summed E-state index contributed by atoms with van der Waals surface area (Å²) in [5, 5.41) is 4.11. The smallest absolute Gasteiger partial charge is 0.174 e. The molecule has 1 aromatic carbocycles. The fourth-order valence-electron chi connectivity index (χ4n) is 4.42. The highest BCUT2D eigenvalue weighted by molar-refractivity contribution is 7.80. The number of aryl methyl sites for hydroxylation is 1. The number of nitrogens with zero attached hydrogens (tertiary/aromatic N) is 2. The summed E-state index contributed by atoms with van der Waals surface area (Å²) in [7, 11) is 0. The van der Waals surface area contributed by atoms with Gasteiger partial charge >= 0.3 is 0 Å². The molecule has 2 atom stereocenters. The molecule has 1 aliphatic carbocycles. The highest BCUT2D eigenvalue weighted by Crippen LogP contribution is 2.42. The van der Waals surface area contributed by atoms with E-state index in [0.717, 1.165) is 41.5 Å². The third-order valence-electron chi connectivity index (χ3n) is 5.87. The number of nitrogens with one attached hydrogen (secondary N) is 1. The van der Waals surface area contributed by atoms with E-state index in [1.54, 1.807) is 0 Å². The number of hydrogen-bond acceptors (Lipinski definition) is 4. The second-order valence-corrected chi connectivity index (χ2v) is 8.35. The lowest BCUT2D eigenvalue weighted by atomic mass is 10.0. The molecule has 5 rings (SSSR count). The number of pyridine rings is 1. The molecular formula is C24H25N3O2S. The summed E-state index contributed by atoms with van der Waals surface area (Å²) in [5.74, 6) is 2.65. The van der Waals surface area contributed by atoms with Crippen LogP contribution in [0.3, 0.4) is 0 Å². The number of hydrogen-bond donors (Lipinski definition) is 1. The summed E-state index contributed by atoms with van der Waals surface area (Å²) in [6.07, 6.45) is 6.96. The summed E-state index contributed by atoms with van der Waals surface area (Å²) in [4.78, 5) is 6.68. The van der Waals surface area contributed by atoms with Crippen LogP contribution in [0.1, 0.15) is 55.0 Å². The number of anilines is 1. The predicted octanol–water partition coefficient (Wildman–Crippen LogP) is 5.48. The Hall–Kier alpha value is -2.86. The molecule has 154 valence electrons. The van der Waals surface area contributed by atoms with Gasteiger partial charge in [0.15, 0.2) is 5.11 Å². The highest BCUT2D eigenvalue weighted by atomic mass is 32.1. The lowest BCUT2D eigenvalue weighted by molar-refractivity contribution is 0.210. The second kappa shape index (κ2) is 8.11. The van der Waals surface area contributed by atoms with Gasteiger partial charge in [-0.3, -0.25) is 4.98 Å². The normalized spacial score (nSPS) is 21.8. The van der Waals surface area contributed by atoms with E-state index in [1.807, 2.05) is 55.6 Å². The molecule has 0 radical (unpaired) electrons. The first-order valence-electron chi connectivity index (χ1n) is 10.5. The van der Waals surface area contributed by atoms with Crippen LogP contribution in [0.25, 0.3) is 0 Å². The molecule has 1 saturated carbocycles. The first-order chi connectivity index (χ1) is 14.7. The molecule has 30 heavy (non-hydrogen) atoms. The monoisotopic (exact) mass is 419 g/mol. The number of thiocarbonyl (C=S) groups is 1. The average molecular weight is 420 g/mol. The topological polar surface area (TPSA) is 50.5 Å². The van der Waals surface area contributed by atoms with Crippen LogP contribution in [0.4, 0.5) is 5.69 Å². The van der Waals surface area contributed by atoms with Gasteiger partial charge in [-0.15, -0.1) is 0 Å². The summed E-state index contributed by atoms with van der Waals surface area (Å²) in [6.45, 7) is 1.96. The van der Waals surface area contributed by atoms with Gasteiger partial charge in [-0.2, -0.15) is 0 Å². The summed E-state index contributed by atoms with van der Waals surface area (Å²) in [6, 6.07) is 17.9. The third-order valence-corrected chi connectivity index (χ3v) is 6.19. The lowest BCUT2D eigenvalue weighted by Gasteiger charge is -2.26. The fraction of sp³-hybridized carbons (Fsp3) is 0.333. The van der Waals surface area contributed by atoms with E-state index in [2.05, 4.69) is 27.3 Å². The van der Waals surface area contributed by atoms with Gasteiger partial charge < -0.3 is 19.4 Å². The minimum atomic E-state index is -0.122. The third kappa shape index (κ3) is 3.67. The zero-order chi connectivity index (χ0) is 20.5. The molecule has 0 amide bonds. The molecule has 2 fully saturated rings. The van der Waals surface area contributed by atoms with Gasteiger partial charge in [0.05, 0.1) is 17.8 Å². The van der Waals surface area contributed by atoms with Crippen molar-refractivity contribution < 1.29 is 9.15 Å². The molecule has 1 saturated heterocycles. The van der Waals surface area contributed by atoms with Gasteiger partial charge in [0.2, 0.25) is 0 Å². The first-order valence-corrected chi connectivity index (χ1v) is 10.9. The SMILES string of the molecule is Cc1ccc(C2C(c3ccccn3)NC(=S)N2c2ccc(OC3CCCC3)cc2)o1. The van der Waals surface area contributed by atoms with Crippen LogP contribution in [-0.4, -0.2) is 16.2 Å². The number of furan rings is 1. The molecule has 3 heterocycles. The maximum atomic E-state index is 6.13. The summed E-state index contributed by atoms with van der Waals surface area (Å²) in [5.41, 5.74) is 1.94. The Morgan fingerprint density at radius 2 is 1.87 bits per heavy atom. The number of ether oxygens (including phenoxy) is 1. The Labute approximate surface area is 182 Å². The maximum absolute atomic E-state index is 6.13. The van der Waals surface area contributed by atoms with Gasteiger partial charge in [-0.05, 0) is 93.4 Å². The number of rotatable bonds is 5. The van der Waals surface area contributed by atoms with Crippen LogP contribution < -0.4 is 15.0 Å². The van der Waals surface area contributed by atoms with E-state index in [0.29, 0.717) is 11.2 Å². The maximum Gasteiger partial charge on any atom is 0.174 e. The second-order valence-electron chi connectivity index (χ2n) is 7.96. The van der Waals surface area contributed by atoms with E-state index in [-0.39, 0.29) is 12.1 Å². The van der Waals surface area contributed by atoms with Gasteiger partial charge in [0, 0.05) is 11.9 Å². The van der Waals surface area contributed by atoms with E-state index in [9.17, 15) is 0 Å². The molecule has 0 spiro atoms. The first kappa shape index (κ1) is 19.1. The Morgan fingerprint density at radius 3 is 2.53 bits per heavy atom. The minimum absolute atomic E-state index is 0.0985. The average Bonchev–Trinajstić information content (AvgIpc) is 3.50. The molecule has 2 aromatic heterocycles. The van der Waals surface area contributed by atoms with Gasteiger partial charge in [-0.25, -0.2) is 0 Å². The van der Waals surface area contributed by atoms with Crippen molar-refractivity contribution in [2.24, 2.45) is 0 Å². The highest BCUT2D eigenvalue weighted by Gasteiger charge is 2.42. The molecule has 3 aromatic rings. The van der Waals surface area contributed by atoms with Crippen LogP contribution in [0.15, 0.2) is 65.2 Å². The number of benzene rings is 1. The number of aromatic nitrogens is 1. The van der Waals surface area contributed by atoms with E-state index < -0.39 is 0 Å². The van der Waals surface area contributed by atoms with E-state index in [1.165, 1.54) is 12.8 Å². The van der Waals surface area contributed by atoms with Crippen molar-refractivity contribution >= 4 is 23.0 Å². The summed E-state index contributed by atoms with van der Waals surface area (Å²) >= 11 is 5.75. The van der Waals surface area contributed by atoms with Crippen LogP contribution in [0, 0.1) is 6.92 Å². The molecule has 1 N–H and O–H groups in total. The van der Waals surface area contributed by atoms with Gasteiger partial charge in [-0.1, -0.05) is 6.07 Å². The van der Waals surface area contributed by atoms with Crippen molar-refractivity contribution in [3.63, 3.8) is 0 Å². The molecule has 1 aliphatic heterocycles. The van der Waals surface area contributed by atoms with Gasteiger partial charge in [0.25, 0.3) is 0 Å². The molecule has 0 bridgehead atoms. The van der Waals surface area contributed by atoms with Crippen molar-refractivity contribution in [3.8, 4) is 5.75 Å². The predicted molar refractivity (Wildman–Crippen MR) is 121 cm³/mol. The molecule has 6 heteroatoms. The Bertz CT molecular complexity index is 1010. The van der Waals surface area contributed by atoms with E-state index >= 15 is 0 Å². The van der Waals surface area contributed by atoms with Crippen molar-refractivity contribution in [2.45, 2.75) is 50.8 Å². The van der Waals surface area contributed by atoms with Crippen molar-refractivity contribution in [3.05, 3.63) is 78.0 Å². The van der Waals surface area contributed by atoms with E-state index in [4.69, 9.17) is 21.4 Å². The zero-order valence-electron chi connectivity index (χ0n) is 17.0. The Morgan fingerprint density at radius 1 is 1.07 bits per heavy atom. The lowest BCUT2D eigenvalue weighted by Crippen LogP contribution is -2.29. The molecule has 2 unspecified atom stereocenters. The van der Waals surface area contributed by atoms with Gasteiger partial charge in [0.1, 0.15) is 23.3 Å². The molecule has 5 nitrogen and oxygen atoms in total. The van der Waals surface area contributed by atoms with Crippen LogP contribution >= 0.6 is 12.2 Å². The van der Waals surface area contributed by atoms with Crippen molar-refractivity contribution in [1.82, 2.24) is 10.3 Å². The summed E-state index contributed by atoms with van der Waals surface area (Å²) < 4.78 is 12.2. The van der Waals surface area contributed by atoms with Crippen LogP contribution in [0.2, 0.25) is 0 Å². The Kier molecular flexibility index (Phi) is 5.17. The Balaban J connectivity index is 1.46. The van der Waals surface area contributed by atoms with Crippen LogP contribution in [-0.2, 0) is 0 Å². The standard InChI is InChI=1S/C24H25N3O2S/c1-16-9-14-21(28-16)23-22(20-8-4-5-15-25-20)26-24(30)27(23)17-10-12-19(13-11-17)29-18-6-2-3-7-18/h4-5,8-15,18,22-23H,2-3,6-7H2,1H3,(H,26,30). The zero-order valence-corrected chi connectivity index (χ0v) is 17.8. The molecule has 2 aliphatic rings. The molecular weight excluding hydrogens is 394 g/mol. The quantitative estimate of drug-likeness (QED) is 0.553. The van der Waals surface area contributed by atoms with Crippen molar-refractivity contribution in [2.75, 3.05) is 4.90 Å².